The lowest BCUT2D eigenvalue weighted by atomic mass is 10.1. The Bertz CT molecular complexity index is 463. The first-order valence-corrected chi connectivity index (χ1v) is 9.77. The number of rotatable bonds is 4. The van der Waals surface area contributed by atoms with E-state index in [1.54, 1.807) is 0 Å². The number of hydrogen-bond donors (Lipinski definition) is 1. The van der Waals surface area contributed by atoms with E-state index in [-0.39, 0.29) is 5.54 Å². The summed E-state index contributed by atoms with van der Waals surface area (Å²) in [5.74, 6) is 2.91. The second kappa shape index (κ2) is 6.99. The van der Waals surface area contributed by atoms with Gasteiger partial charge >= 0.3 is 0 Å². The van der Waals surface area contributed by atoms with Gasteiger partial charge in [-0.3, -0.25) is 4.90 Å². The molecule has 1 aromatic heterocycles. The average molecular weight is 328 g/mol. The Labute approximate surface area is 137 Å². The van der Waals surface area contributed by atoms with Gasteiger partial charge < -0.3 is 5.32 Å². The van der Waals surface area contributed by atoms with Crippen LogP contribution in [0.5, 0.6) is 0 Å². The van der Waals surface area contributed by atoms with Crippen LogP contribution in [-0.2, 0) is 6.54 Å². The summed E-state index contributed by atoms with van der Waals surface area (Å²) in [4.78, 5) is 8.88. The van der Waals surface area contributed by atoms with Crippen LogP contribution in [0.15, 0.2) is 0 Å². The van der Waals surface area contributed by atoms with Crippen molar-refractivity contribution >= 4 is 23.1 Å². The first-order chi connectivity index (χ1) is 9.78. The van der Waals surface area contributed by atoms with Gasteiger partial charge in [-0.15, -0.1) is 11.3 Å². The van der Waals surface area contributed by atoms with Crippen LogP contribution in [0.3, 0.4) is 0 Å². The molecule has 1 unspecified atom stereocenters. The highest BCUT2D eigenvalue weighted by Gasteiger charge is 2.26. The van der Waals surface area contributed by atoms with Gasteiger partial charge in [0.2, 0.25) is 0 Å². The van der Waals surface area contributed by atoms with Crippen LogP contribution in [0.4, 0.5) is 0 Å². The van der Waals surface area contributed by atoms with Crippen molar-refractivity contribution < 1.29 is 0 Å². The van der Waals surface area contributed by atoms with E-state index >= 15 is 0 Å². The number of aromatic nitrogens is 1. The van der Waals surface area contributed by atoms with Gasteiger partial charge in [-0.1, -0.05) is 13.8 Å². The largest absolute Gasteiger partial charge is 0.307 e. The minimum absolute atomic E-state index is 0.149. The Kier molecular flexibility index (Phi) is 5.74. The maximum absolute atomic E-state index is 5.01. The third-order valence-electron chi connectivity index (χ3n) is 3.75. The topological polar surface area (TPSA) is 28.2 Å². The summed E-state index contributed by atoms with van der Waals surface area (Å²) in [5, 5.41) is 4.92. The molecule has 2 rings (SSSR count). The van der Waals surface area contributed by atoms with Crippen molar-refractivity contribution in [3.63, 3.8) is 0 Å². The molecule has 0 saturated carbocycles. The summed E-state index contributed by atoms with van der Waals surface area (Å²) in [6.45, 7) is 13.2. The van der Waals surface area contributed by atoms with Crippen LogP contribution in [0.2, 0.25) is 0 Å². The molecular weight excluding hydrogens is 298 g/mol. The Morgan fingerprint density at radius 2 is 2.10 bits per heavy atom. The van der Waals surface area contributed by atoms with Crippen molar-refractivity contribution in [3.8, 4) is 0 Å². The smallest absolute Gasteiger partial charge is 0.111 e. The normalized spacial score (nSPS) is 21.2. The molecule has 1 fully saturated rings. The van der Waals surface area contributed by atoms with Gasteiger partial charge in [-0.25, -0.2) is 4.98 Å². The zero-order valence-corrected chi connectivity index (χ0v) is 15.8. The molecule has 21 heavy (non-hydrogen) atoms. The second-order valence-electron chi connectivity index (χ2n) is 7.19. The maximum atomic E-state index is 5.01. The highest BCUT2D eigenvalue weighted by Crippen LogP contribution is 2.34. The average Bonchev–Trinajstić information content (AvgIpc) is 2.80. The molecule has 2 heterocycles. The second-order valence-corrected chi connectivity index (χ2v) is 9.46. The van der Waals surface area contributed by atoms with Crippen LogP contribution in [-0.4, -0.2) is 40.5 Å². The molecule has 1 N–H and O–H groups in total. The Balaban J connectivity index is 2.20. The number of nitrogens with one attached hydrogen (secondary N) is 1. The predicted octanol–water partition coefficient (Wildman–Crippen LogP) is 3.87. The Hall–Kier alpha value is -0.100. The Morgan fingerprint density at radius 3 is 2.67 bits per heavy atom. The van der Waals surface area contributed by atoms with Crippen LogP contribution in [0.1, 0.15) is 62.2 Å². The molecule has 1 atom stereocenters. The molecule has 0 amide bonds. The molecule has 1 saturated heterocycles. The van der Waals surface area contributed by atoms with E-state index in [0.29, 0.717) is 12.0 Å². The fraction of sp³-hybridized carbons (Fsp3) is 0.812. The van der Waals surface area contributed by atoms with Crippen LogP contribution in [0.25, 0.3) is 0 Å². The van der Waals surface area contributed by atoms with E-state index < -0.39 is 0 Å². The van der Waals surface area contributed by atoms with Crippen molar-refractivity contribution in [1.82, 2.24) is 15.2 Å². The summed E-state index contributed by atoms with van der Waals surface area (Å²) in [5.41, 5.74) is 1.44. The summed E-state index contributed by atoms with van der Waals surface area (Å²) < 4.78 is 0. The van der Waals surface area contributed by atoms with Crippen molar-refractivity contribution in [1.29, 1.82) is 0 Å². The van der Waals surface area contributed by atoms with Crippen LogP contribution < -0.4 is 5.32 Å². The number of hydrogen-bond acceptors (Lipinski definition) is 5. The lowest BCUT2D eigenvalue weighted by Gasteiger charge is -2.30. The molecule has 3 nitrogen and oxygen atoms in total. The predicted molar refractivity (Wildman–Crippen MR) is 95.5 cm³/mol. The minimum atomic E-state index is 0.149. The van der Waals surface area contributed by atoms with E-state index in [0.717, 1.165) is 6.54 Å². The van der Waals surface area contributed by atoms with E-state index in [4.69, 9.17) is 4.98 Å². The van der Waals surface area contributed by atoms with Gasteiger partial charge in [0.15, 0.2) is 0 Å². The molecule has 120 valence electrons. The first kappa shape index (κ1) is 17.3. The lowest BCUT2D eigenvalue weighted by Crippen LogP contribution is -2.35. The van der Waals surface area contributed by atoms with Gasteiger partial charge in [0.05, 0.1) is 11.7 Å². The summed E-state index contributed by atoms with van der Waals surface area (Å²) >= 11 is 3.96. The summed E-state index contributed by atoms with van der Waals surface area (Å²) in [6.07, 6.45) is 0. The van der Waals surface area contributed by atoms with Crippen LogP contribution in [0, 0.1) is 0 Å². The number of thioether (sulfide) groups is 1. The standard InChI is InChI=1S/C16H29N3S2/c1-11(2)14-13(9-17-16(3,4)5)21-15(18-14)12-10-20-8-7-19(12)6/h11-12,17H,7-10H2,1-6H3. The molecule has 0 aliphatic carbocycles. The fourth-order valence-electron chi connectivity index (χ4n) is 2.39. The SMILES string of the molecule is CC(C)c1nc(C2CSCCN2C)sc1CNC(C)(C)C. The van der Waals surface area contributed by atoms with Gasteiger partial charge in [0.1, 0.15) is 5.01 Å². The lowest BCUT2D eigenvalue weighted by molar-refractivity contribution is 0.274. The highest BCUT2D eigenvalue weighted by atomic mass is 32.2. The molecule has 0 aromatic carbocycles. The summed E-state index contributed by atoms with van der Waals surface area (Å²) in [6, 6.07) is 0.495. The molecule has 0 radical (unpaired) electrons. The molecule has 5 heteroatoms. The van der Waals surface area contributed by atoms with E-state index in [1.165, 1.54) is 33.6 Å². The first-order valence-electron chi connectivity index (χ1n) is 7.80. The highest BCUT2D eigenvalue weighted by molar-refractivity contribution is 7.99. The molecule has 0 spiro atoms. The third-order valence-corrected chi connectivity index (χ3v) is 5.95. The molecule has 0 bridgehead atoms. The fourth-order valence-corrected chi connectivity index (χ4v) is 5.05. The van der Waals surface area contributed by atoms with E-state index in [9.17, 15) is 0 Å². The van der Waals surface area contributed by atoms with Gasteiger partial charge in [-0.2, -0.15) is 11.8 Å². The van der Waals surface area contributed by atoms with Crippen molar-refractivity contribution in [2.75, 3.05) is 25.1 Å². The summed E-state index contributed by atoms with van der Waals surface area (Å²) in [7, 11) is 2.23. The zero-order valence-electron chi connectivity index (χ0n) is 14.2. The molecule has 1 aliphatic rings. The van der Waals surface area contributed by atoms with Crippen molar-refractivity contribution in [2.24, 2.45) is 0 Å². The zero-order chi connectivity index (χ0) is 15.6. The molecular formula is C16H29N3S2. The molecule has 1 aliphatic heterocycles. The van der Waals surface area contributed by atoms with Crippen molar-refractivity contribution in [3.05, 3.63) is 15.6 Å². The van der Waals surface area contributed by atoms with Crippen LogP contribution >= 0.6 is 23.1 Å². The van der Waals surface area contributed by atoms with E-state index in [2.05, 4.69) is 63.6 Å². The quantitative estimate of drug-likeness (QED) is 0.908. The van der Waals surface area contributed by atoms with Gasteiger partial charge in [0, 0.05) is 35.0 Å². The van der Waals surface area contributed by atoms with E-state index in [1.807, 2.05) is 11.3 Å². The number of nitrogens with zero attached hydrogens (tertiary/aromatic N) is 2. The van der Waals surface area contributed by atoms with Crippen molar-refractivity contribution in [2.45, 2.75) is 58.7 Å². The monoisotopic (exact) mass is 327 g/mol. The Morgan fingerprint density at radius 1 is 1.38 bits per heavy atom. The third kappa shape index (κ3) is 4.68. The van der Waals surface area contributed by atoms with Gasteiger partial charge in [0.25, 0.3) is 0 Å². The minimum Gasteiger partial charge on any atom is -0.307 e. The number of thiazole rings is 1. The maximum Gasteiger partial charge on any atom is 0.111 e. The molecule has 1 aromatic rings. The van der Waals surface area contributed by atoms with Gasteiger partial charge in [-0.05, 0) is 33.7 Å².